The molecule has 3 unspecified atom stereocenters. The first-order chi connectivity index (χ1) is 12.0. The molecule has 148 valence electrons. The Morgan fingerprint density at radius 2 is 1.40 bits per heavy atom. The number of rotatable bonds is 9. The number of aliphatic hydroxyl groups excluding tert-OH is 1. The molecule has 0 aliphatic heterocycles. The molecule has 0 bridgehead atoms. The van der Waals surface area contributed by atoms with Gasteiger partial charge in [-0.3, -0.25) is 0 Å². The van der Waals surface area contributed by atoms with Crippen LogP contribution in [0.5, 0.6) is 0 Å². The zero-order valence-corrected chi connectivity index (χ0v) is 16.4. The summed E-state index contributed by atoms with van der Waals surface area (Å²) >= 11 is 0. The zero-order chi connectivity index (χ0) is 18.2. The maximum absolute atomic E-state index is 13.9. The second-order valence-corrected chi connectivity index (χ2v) is 8.91. The summed E-state index contributed by atoms with van der Waals surface area (Å²) in [5.41, 5.74) is 0. The Bertz CT molecular complexity index is 342. The van der Waals surface area contributed by atoms with Crippen molar-refractivity contribution in [3.63, 3.8) is 0 Å². The zero-order valence-electron chi connectivity index (χ0n) is 16.4. The van der Waals surface area contributed by atoms with Gasteiger partial charge in [0.15, 0.2) is 0 Å². The summed E-state index contributed by atoms with van der Waals surface area (Å²) in [5, 5.41) is 9.53. The summed E-state index contributed by atoms with van der Waals surface area (Å²) in [5.74, 6) is 2.40. The molecule has 0 aromatic heterocycles. The van der Waals surface area contributed by atoms with Crippen molar-refractivity contribution in [1.82, 2.24) is 0 Å². The topological polar surface area (TPSA) is 20.2 Å². The molecule has 3 heteroatoms. The maximum Gasteiger partial charge on any atom is 0.129 e. The fraction of sp³-hybridized carbons (Fsp3) is 1.00. The number of hydrogen-bond donors (Lipinski definition) is 1. The number of halogens is 2. The van der Waals surface area contributed by atoms with Gasteiger partial charge in [0.25, 0.3) is 0 Å². The lowest BCUT2D eigenvalue weighted by Gasteiger charge is -2.36. The molecule has 2 fully saturated rings. The molecule has 0 saturated heterocycles. The van der Waals surface area contributed by atoms with Crippen LogP contribution in [0.25, 0.3) is 0 Å². The molecule has 2 rings (SSSR count). The summed E-state index contributed by atoms with van der Waals surface area (Å²) in [6.45, 7) is 4.45. The summed E-state index contributed by atoms with van der Waals surface area (Å²) in [6.07, 6.45) is 10.6. The van der Waals surface area contributed by atoms with E-state index in [2.05, 4.69) is 13.8 Å². The van der Waals surface area contributed by atoms with E-state index in [1.54, 1.807) is 0 Å². The van der Waals surface area contributed by atoms with E-state index in [1.807, 2.05) is 0 Å². The van der Waals surface area contributed by atoms with E-state index in [9.17, 15) is 13.9 Å². The fourth-order valence-electron chi connectivity index (χ4n) is 5.44. The smallest absolute Gasteiger partial charge is 0.129 e. The first-order valence-electron chi connectivity index (χ1n) is 11.0. The highest BCUT2D eigenvalue weighted by Crippen LogP contribution is 2.39. The number of aliphatic hydroxyl groups is 1. The molecule has 0 heterocycles. The molecule has 2 aliphatic carbocycles. The highest BCUT2D eigenvalue weighted by atomic mass is 19.1. The minimum Gasteiger partial charge on any atom is -0.387 e. The van der Waals surface area contributed by atoms with Crippen LogP contribution in [0.2, 0.25) is 0 Å². The lowest BCUT2D eigenvalue weighted by atomic mass is 9.73. The Kier molecular flexibility index (Phi) is 9.16. The molecule has 1 nitrogen and oxygen atoms in total. The van der Waals surface area contributed by atoms with Gasteiger partial charge in [0.05, 0.1) is 0 Å². The van der Waals surface area contributed by atoms with Gasteiger partial charge in [-0.25, -0.2) is 8.78 Å². The second-order valence-electron chi connectivity index (χ2n) is 8.91. The van der Waals surface area contributed by atoms with Gasteiger partial charge in [0.2, 0.25) is 0 Å². The Morgan fingerprint density at radius 1 is 0.840 bits per heavy atom. The molecule has 2 saturated carbocycles. The van der Waals surface area contributed by atoms with Gasteiger partial charge in [-0.15, -0.1) is 0 Å². The van der Waals surface area contributed by atoms with Gasteiger partial charge in [-0.2, -0.15) is 0 Å². The molecule has 25 heavy (non-hydrogen) atoms. The summed E-state index contributed by atoms with van der Waals surface area (Å²) in [6, 6.07) is 0. The Labute approximate surface area is 154 Å². The summed E-state index contributed by atoms with van der Waals surface area (Å²) in [7, 11) is 0. The molecular formula is C22H40F2O. The third-order valence-electron chi connectivity index (χ3n) is 6.97. The SMILES string of the molecule is CCCC1CCC(CCCC(CCC)C2CC(F)C(O)C(F)C2)CC1. The van der Waals surface area contributed by atoms with Crippen LogP contribution in [0.4, 0.5) is 8.78 Å². The van der Waals surface area contributed by atoms with Crippen LogP contribution >= 0.6 is 0 Å². The van der Waals surface area contributed by atoms with E-state index < -0.39 is 18.4 Å². The monoisotopic (exact) mass is 358 g/mol. The average Bonchev–Trinajstić information content (AvgIpc) is 2.60. The molecule has 0 aromatic carbocycles. The van der Waals surface area contributed by atoms with Crippen molar-refractivity contribution in [3.8, 4) is 0 Å². The lowest BCUT2D eigenvalue weighted by molar-refractivity contribution is -0.0470. The minimum atomic E-state index is -1.39. The molecule has 1 N–H and O–H groups in total. The molecular weight excluding hydrogens is 318 g/mol. The van der Waals surface area contributed by atoms with Crippen LogP contribution in [-0.2, 0) is 0 Å². The van der Waals surface area contributed by atoms with Crippen molar-refractivity contribution in [2.24, 2.45) is 23.7 Å². The van der Waals surface area contributed by atoms with Crippen molar-refractivity contribution < 1.29 is 13.9 Å². The van der Waals surface area contributed by atoms with Gasteiger partial charge in [-0.1, -0.05) is 84.5 Å². The third-order valence-corrected chi connectivity index (χ3v) is 6.97. The van der Waals surface area contributed by atoms with Crippen LogP contribution in [0, 0.1) is 23.7 Å². The Hall–Kier alpha value is -0.180. The molecule has 0 spiro atoms. The van der Waals surface area contributed by atoms with Crippen molar-refractivity contribution in [3.05, 3.63) is 0 Å². The average molecular weight is 359 g/mol. The van der Waals surface area contributed by atoms with Gasteiger partial charge < -0.3 is 5.11 Å². The standard InChI is InChI=1S/C22H40F2O/c1-3-6-16-10-12-17(13-11-16)8-5-9-18(7-4-2)19-14-20(23)22(25)21(24)15-19/h16-22,25H,3-15H2,1-2H3. The van der Waals surface area contributed by atoms with Gasteiger partial charge in [-0.05, 0) is 36.5 Å². The number of hydrogen-bond acceptors (Lipinski definition) is 1. The van der Waals surface area contributed by atoms with Crippen LogP contribution in [-0.4, -0.2) is 23.6 Å². The molecule has 3 atom stereocenters. The van der Waals surface area contributed by atoms with E-state index in [1.165, 1.54) is 51.4 Å². The molecule has 0 radical (unpaired) electrons. The number of alkyl halides is 2. The van der Waals surface area contributed by atoms with Crippen molar-refractivity contribution in [2.45, 2.75) is 116 Å². The van der Waals surface area contributed by atoms with Crippen molar-refractivity contribution >= 4 is 0 Å². The molecule has 0 aromatic rings. The summed E-state index contributed by atoms with van der Waals surface area (Å²) in [4.78, 5) is 0. The van der Waals surface area contributed by atoms with Crippen LogP contribution < -0.4 is 0 Å². The molecule has 2 aliphatic rings. The third kappa shape index (κ3) is 6.48. The first kappa shape index (κ1) is 21.1. The van der Waals surface area contributed by atoms with E-state index in [4.69, 9.17) is 0 Å². The van der Waals surface area contributed by atoms with Crippen molar-refractivity contribution in [1.29, 1.82) is 0 Å². The van der Waals surface area contributed by atoms with E-state index >= 15 is 0 Å². The lowest BCUT2D eigenvalue weighted by Crippen LogP contribution is -2.42. The molecule has 0 amide bonds. The second kappa shape index (κ2) is 10.8. The van der Waals surface area contributed by atoms with Crippen LogP contribution in [0.15, 0.2) is 0 Å². The Balaban J connectivity index is 1.73. The van der Waals surface area contributed by atoms with Crippen LogP contribution in [0.3, 0.4) is 0 Å². The van der Waals surface area contributed by atoms with E-state index in [0.29, 0.717) is 18.8 Å². The fourth-order valence-corrected chi connectivity index (χ4v) is 5.44. The van der Waals surface area contributed by atoms with Gasteiger partial charge in [0.1, 0.15) is 18.4 Å². The highest BCUT2D eigenvalue weighted by molar-refractivity contribution is 4.89. The largest absolute Gasteiger partial charge is 0.387 e. The predicted molar refractivity (Wildman–Crippen MR) is 101 cm³/mol. The van der Waals surface area contributed by atoms with E-state index in [-0.39, 0.29) is 5.92 Å². The van der Waals surface area contributed by atoms with Crippen molar-refractivity contribution in [2.75, 3.05) is 0 Å². The van der Waals surface area contributed by atoms with E-state index in [0.717, 1.165) is 31.1 Å². The maximum atomic E-state index is 13.9. The summed E-state index contributed by atoms with van der Waals surface area (Å²) < 4.78 is 27.8. The normalized spacial score (nSPS) is 37.8. The quantitative estimate of drug-likeness (QED) is 0.490. The minimum absolute atomic E-state index is 0.119. The van der Waals surface area contributed by atoms with Gasteiger partial charge in [0, 0.05) is 0 Å². The van der Waals surface area contributed by atoms with Gasteiger partial charge >= 0.3 is 0 Å². The predicted octanol–water partition coefficient (Wildman–Crippen LogP) is 6.63. The highest BCUT2D eigenvalue weighted by Gasteiger charge is 2.39. The first-order valence-corrected chi connectivity index (χ1v) is 11.0. The Morgan fingerprint density at radius 3 is 1.92 bits per heavy atom. The van der Waals surface area contributed by atoms with Crippen LogP contribution in [0.1, 0.15) is 97.3 Å².